The summed E-state index contributed by atoms with van der Waals surface area (Å²) >= 11 is 7.97. The molecule has 0 N–H and O–H groups in total. The molecule has 4 aromatic rings. The number of carbonyl (C=O) groups excluding carboxylic acids is 1. The van der Waals surface area contributed by atoms with E-state index in [9.17, 15) is 18.0 Å². The predicted octanol–water partition coefficient (Wildman–Crippen LogP) is 5.98. The molecule has 0 fully saturated rings. The molecule has 202 valence electrons. The van der Waals surface area contributed by atoms with Gasteiger partial charge in [0.25, 0.3) is 0 Å². The Morgan fingerprint density at radius 2 is 1.92 bits per heavy atom. The summed E-state index contributed by atoms with van der Waals surface area (Å²) in [5.74, 6) is 0.315. The van der Waals surface area contributed by atoms with E-state index in [4.69, 9.17) is 30.8 Å². The molecular formula is C25H24ClF3N4O4S. The summed E-state index contributed by atoms with van der Waals surface area (Å²) in [5.41, 5.74) is 1.58. The van der Waals surface area contributed by atoms with Gasteiger partial charge in [0, 0.05) is 24.0 Å². The van der Waals surface area contributed by atoms with Crippen LogP contribution in [0.4, 0.5) is 13.2 Å². The Balaban J connectivity index is 1.62. The van der Waals surface area contributed by atoms with Crippen molar-refractivity contribution in [2.24, 2.45) is 0 Å². The van der Waals surface area contributed by atoms with Crippen LogP contribution >= 0.6 is 23.4 Å². The first kappa shape index (κ1) is 28.0. The van der Waals surface area contributed by atoms with Crippen LogP contribution in [0, 0.1) is 0 Å². The van der Waals surface area contributed by atoms with Crippen LogP contribution in [-0.2, 0) is 32.9 Å². The highest BCUT2D eigenvalue weighted by atomic mass is 35.5. The fourth-order valence-corrected chi connectivity index (χ4v) is 4.76. The third-order valence-electron chi connectivity index (χ3n) is 5.41. The largest absolute Gasteiger partial charge is 0.462 e. The Morgan fingerprint density at radius 1 is 1.16 bits per heavy atom. The molecule has 2 aromatic heterocycles. The number of methoxy groups -OCH3 is 1. The lowest BCUT2D eigenvalue weighted by molar-refractivity contribution is -0.137. The first-order valence-electron chi connectivity index (χ1n) is 11.5. The zero-order valence-electron chi connectivity index (χ0n) is 20.5. The summed E-state index contributed by atoms with van der Waals surface area (Å²) in [6.45, 7) is 2.83. The summed E-state index contributed by atoms with van der Waals surface area (Å²) in [4.78, 5) is 17.5. The summed E-state index contributed by atoms with van der Waals surface area (Å²) in [6, 6.07) is 8.57. The molecule has 0 aliphatic carbocycles. The van der Waals surface area contributed by atoms with Crippen LogP contribution in [0.5, 0.6) is 0 Å². The molecule has 0 saturated heterocycles. The molecule has 8 nitrogen and oxygen atoms in total. The molecule has 0 amide bonds. The summed E-state index contributed by atoms with van der Waals surface area (Å²) in [5, 5.41) is 4.72. The van der Waals surface area contributed by atoms with Crippen LogP contribution in [0.3, 0.4) is 0 Å². The molecule has 0 unspecified atom stereocenters. The molecule has 0 saturated carbocycles. The van der Waals surface area contributed by atoms with E-state index in [-0.39, 0.29) is 18.9 Å². The second kappa shape index (κ2) is 12.2. The van der Waals surface area contributed by atoms with Crippen molar-refractivity contribution in [1.82, 2.24) is 19.3 Å². The highest BCUT2D eigenvalue weighted by Gasteiger charge is 2.30. The van der Waals surface area contributed by atoms with Crippen molar-refractivity contribution in [3.63, 3.8) is 0 Å². The summed E-state index contributed by atoms with van der Waals surface area (Å²) in [6.07, 6.45) is -1.46. The van der Waals surface area contributed by atoms with Crippen LogP contribution in [0.25, 0.3) is 17.0 Å². The number of fused-ring (bicyclic) bond motifs is 1. The number of rotatable bonds is 11. The quantitative estimate of drug-likeness (QED) is 0.125. The number of aromatic nitrogens is 4. The van der Waals surface area contributed by atoms with E-state index < -0.39 is 17.7 Å². The van der Waals surface area contributed by atoms with Crippen molar-refractivity contribution >= 4 is 40.4 Å². The van der Waals surface area contributed by atoms with Crippen LogP contribution in [0.15, 0.2) is 53.7 Å². The van der Waals surface area contributed by atoms with Gasteiger partial charge in [0.05, 0.1) is 53.2 Å². The number of hydrogen-bond acceptors (Lipinski definition) is 7. The lowest BCUT2D eigenvalue weighted by Crippen LogP contribution is -2.12. The van der Waals surface area contributed by atoms with E-state index in [1.165, 1.54) is 41.0 Å². The summed E-state index contributed by atoms with van der Waals surface area (Å²) in [7, 11) is 1.58. The number of thioether (sulfide) groups is 1. The normalized spacial score (nSPS) is 11.8. The van der Waals surface area contributed by atoms with Gasteiger partial charge in [-0.1, -0.05) is 23.7 Å². The standard InChI is InChI=1S/C25H24ClF3N4O4S/c1-3-37-23(34)17-12-30-33(13-17)24-31-20-11-22(19(26)10-21(20)32(24)15-36-9-8-35-2)38-14-16-4-6-18(7-5-16)25(27,28)29/h4-7,10-13H,3,8-9,14-15H2,1-2H3. The molecule has 38 heavy (non-hydrogen) atoms. The van der Waals surface area contributed by atoms with Crippen molar-refractivity contribution in [3.05, 3.63) is 70.5 Å². The molecule has 2 aromatic carbocycles. The van der Waals surface area contributed by atoms with E-state index >= 15 is 0 Å². The fraction of sp³-hybridized carbons (Fsp3) is 0.320. The van der Waals surface area contributed by atoms with Crippen molar-refractivity contribution in [2.75, 3.05) is 26.9 Å². The molecule has 0 aliphatic rings. The van der Waals surface area contributed by atoms with Crippen LogP contribution in [0.1, 0.15) is 28.4 Å². The Bertz CT molecular complexity index is 1410. The number of halogens is 4. The fourth-order valence-electron chi connectivity index (χ4n) is 3.53. The van der Waals surface area contributed by atoms with Gasteiger partial charge in [-0.25, -0.2) is 14.5 Å². The zero-order chi connectivity index (χ0) is 27.3. The van der Waals surface area contributed by atoms with Gasteiger partial charge in [-0.05, 0) is 36.8 Å². The minimum atomic E-state index is -4.38. The SMILES string of the molecule is CCOC(=O)c1cnn(-c2nc3cc(SCc4ccc(C(F)(F)F)cc4)c(Cl)cc3n2COCCOC)c1. The molecule has 2 heterocycles. The van der Waals surface area contributed by atoms with Gasteiger partial charge in [0.15, 0.2) is 0 Å². The van der Waals surface area contributed by atoms with Crippen molar-refractivity contribution in [2.45, 2.75) is 30.5 Å². The molecule has 0 aliphatic heterocycles. The molecule has 13 heteroatoms. The predicted molar refractivity (Wildman–Crippen MR) is 137 cm³/mol. The lowest BCUT2D eigenvalue weighted by atomic mass is 10.1. The van der Waals surface area contributed by atoms with Crippen LogP contribution < -0.4 is 0 Å². The minimum absolute atomic E-state index is 0.123. The number of alkyl halides is 3. The van der Waals surface area contributed by atoms with Crippen molar-refractivity contribution in [3.8, 4) is 5.95 Å². The topological polar surface area (TPSA) is 80.4 Å². The molecular weight excluding hydrogens is 545 g/mol. The van der Waals surface area contributed by atoms with E-state index in [2.05, 4.69) is 5.10 Å². The van der Waals surface area contributed by atoms with Crippen LogP contribution in [-0.4, -0.2) is 52.2 Å². The highest BCUT2D eigenvalue weighted by molar-refractivity contribution is 7.98. The number of imidazole rings is 1. The van der Waals surface area contributed by atoms with E-state index in [1.807, 2.05) is 0 Å². The average Bonchev–Trinajstić information content (AvgIpc) is 3.50. The molecule has 0 spiro atoms. The van der Waals surface area contributed by atoms with Crippen molar-refractivity contribution in [1.29, 1.82) is 0 Å². The number of carbonyl (C=O) groups is 1. The number of ether oxygens (including phenoxy) is 3. The number of esters is 1. The monoisotopic (exact) mass is 568 g/mol. The maximum Gasteiger partial charge on any atom is 0.416 e. The average molecular weight is 569 g/mol. The van der Waals surface area contributed by atoms with Crippen molar-refractivity contribution < 1.29 is 32.2 Å². The van der Waals surface area contributed by atoms with Gasteiger partial charge in [-0.3, -0.25) is 4.57 Å². The Hall–Kier alpha value is -3.06. The second-order valence-electron chi connectivity index (χ2n) is 8.02. The van der Waals surface area contributed by atoms with Gasteiger partial charge >= 0.3 is 12.1 Å². The van der Waals surface area contributed by atoms with E-state index in [1.54, 1.807) is 30.7 Å². The van der Waals surface area contributed by atoms with E-state index in [0.717, 1.165) is 17.7 Å². The molecule has 0 radical (unpaired) electrons. The minimum Gasteiger partial charge on any atom is -0.462 e. The Kier molecular flexibility index (Phi) is 8.98. The maximum absolute atomic E-state index is 12.8. The van der Waals surface area contributed by atoms with Crippen LogP contribution in [0.2, 0.25) is 5.02 Å². The third-order valence-corrected chi connectivity index (χ3v) is 6.96. The van der Waals surface area contributed by atoms with Gasteiger partial charge in [0.2, 0.25) is 5.95 Å². The Morgan fingerprint density at radius 3 is 2.61 bits per heavy atom. The molecule has 4 rings (SSSR count). The zero-order valence-corrected chi connectivity index (χ0v) is 22.1. The highest BCUT2D eigenvalue weighted by Crippen LogP contribution is 2.35. The maximum atomic E-state index is 12.8. The van der Waals surface area contributed by atoms with Gasteiger partial charge in [-0.15, -0.1) is 11.8 Å². The smallest absolute Gasteiger partial charge is 0.416 e. The number of nitrogens with zero attached hydrogens (tertiary/aromatic N) is 4. The first-order valence-corrected chi connectivity index (χ1v) is 12.8. The van der Waals surface area contributed by atoms with E-state index in [0.29, 0.717) is 45.9 Å². The first-order chi connectivity index (χ1) is 18.2. The van der Waals surface area contributed by atoms with Gasteiger partial charge in [-0.2, -0.15) is 18.3 Å². The van der Waals surface area contributed by atoms with Gasteiger partial charge in [0.1, 0.15) is 6.73 Å². The molecule has 0 atom stereocenters. The number of hydrogen-bond donors (Lipinski definition) is 0. The number of benzene rings is 2. The molecule has 0 bridgehead atoms. The second-order valence-corrected chi connectivity index (χ2v) is 9.44. The van der Waals surface area contributed by atoms with Gasteiger partial charge < -0.3 is 14.2 Å². The Labute approximate surface area is 225 Å². The summed E-state index contributed by atoms with van der Waals surface area (Å²) < 4.78 is 57.6. The lowest BCUT2D eigenvalue weighted by Gasteiger charge is -2.11. The third kappa shape index (κ3) is 6.49.